The average molecular weight is 380 g/mol. The molecule has 2 amide bonds. The first-order chi connectivity index (χ1) is 13.5. The number of amides is 2. The highest BCUT2D eigenvalue weighted by Crippen LogP contribution is 2.50. The van der Waals surface area contributed by atoms with Crippen LogP contribution in [0.4, 0.5) is 0 Å². The van der Waals surface area contributed by atoms with E-state index in [4.69, 9.17) is 4.74 Å². The van der Waals surface area contributed by atoms with Crippen molar-refractivity contribution in [2.75, 3.05) is 13.1 Å². The molecular weight excluding hydrogens is 356 g/mol. The van der Waals surface area contributed by atoms with Gasteiger partial charge in [-0.2, -0.15) is 5.10 Å². The summed E-state index contributed by atoms with van der Waals surface area (Å²) in [5.74, 6) is -0.0503. The molecule has 28 heavy (non-hydrogen) atoms. The first-order valence-corrected chi connectivity index (χ1v) is 9.93. The number of ether oxygens (including phenoxy) is 1. The number of aromatic amines is 1. The molecule has 7 nitrogen and oxygen atoms in total. The lowest BCUT2D eigenvalue weighted by molar-refractivity contribution is -0.138. The van der Waals surface area contributed by atoms with Crippen LogP contribution >= 0.6 is 0 Å². The Bertz CT molecular complexity index is 940. The standard InChI is InChI=1S/C21H24N4O3/c1-3-15-13(2)19(23-22-15)20(27)24-10-9-21-17(24)11-18(26)25(21)12-16(28-21)14-7-5-4-6-8-14/h4-8,16-17H,3,9-12H2,1-2H3,(H,22,23)/t16-,17-,21+/m1/s1. The van der Waals surface area contributed by atoms with Gasteiger partial charge in [-0.1, -0.05) is 37.3 Å². The SMILES string of the molecule is CCc1[nH]nc(C(=O)N2CC[C@@]34O[C@@H](c5ccccc5)CN3C(=O)C[C@@H]24)c1C. The van der Waals surface area contributed by atoms with Crippen LogP contribution in [0.1, 0.15) is 53.2 Å². The van der Waals surface area contributed by atoms with Gasteiger partial charge in [0.2, 0.25) is 5.91 Å². The van der Waals surface area contributed by atoms with Crippen LogP contribution in [0.2, 0.25) is 0 Å². The molecule has 3 aliphatic rings. The molecule has 0 saturated carbocycles. The van der Waals surface area contributed by atoms with Crippen LogP contribution in [0.25, 0.3) is 0 Å². The largest absolute Gasteiger partial charge is 0.343 e. The zero-order valence-corrected chi connectivity index (χ0v) is 16.1. The summed E-state index contributed by atoms with van der Waals surface area (Å²) in [6, 6.07) is 9.73. The van der Waals surface area contributed by atoms with Crippen molar-refractivity contribution in [1.29, 1.82) is 0 Å². The van der Waals surface area contributed by atoms with Gasteiger partial charge in [0, 0.05) is 24.2 Å². The van der Waals surface area contributed by atoms with Gasteiger partial charge < -0.3 is 14.5 Å². The number of nitrogens with zero attached hydrogens (tertiary/aromatic N) is 3. The monoisotopic (exact) mass is 380 g/mol. The van der Waals surface area contributed by atoms with E-state index < -0.39 is 5.72 Å². The molecule has 1 spiro atoms. The van der Waals surface area contributed by atoms with Gasteiger partial charge in [-0.05, 0) is 18.9 Å². The van der Waals surface area contributed by atoms with Crippen molar-refractivity contribution in [3.05, 3.63) is 52.8 Å². The molecule has 1 N–H and O–H groups in total. The van der Waals surface area contributed by atoms with Gasteiger partial charge in [0.25, 0.3) is 5.91 Å². The summed E-state index contributed by atoms with van der Waals surface area (Å²) >= 11 is 0. The third-order valence-electron chi connectivity index (χ3n) is 6.53. The minimum absolute atomic E-state index is 0.0638. The number of rotatable bonds is 3. The van der Waals surface area contributed by atoms with Gasteiger partial charge >= 0.3 is 0 Å². The molecule has 0 radical (unpaired) electrons. The predicted octanol–water partition coefficient (Wildman–Crippen LogP) is 2.20. The highest BCUT2D eigenvalue weighted by atomic mass is 16.5. The Kier molecular flexibility index (Phi) is 3.84. The first kappa shape index (κ1) is 17.4. The number of H-pyrrole nitrogens is 1. The molecule has 1 aromatic carbocycles. The number of carbonyl (C=O) groups excluding carboxylic acids is 2. The van der Waals surface area contributed by atoms with E-state index in [0.29, 0.717) is 31.6 Å². The molecule has 0 aliphatic carbocycles. The summed E-state index contributed by atoms with van der Waals surface area (Å²) in [5, 5.41) is 7.22. The fraction of sp³-hybridized carbons (Fsp3) is 0.476. The Hall–Kier alpha value is -2.67. The van der Waals surface area contributed by atoms with Crippen LogP contribution in [0.15, 0.2) is 30.3 Å². The lowest BCUT2D eigenvalue weighted by Crippen LogP contribution is -2.48. The van der Waals surface area contributed by atoms with Crippen molar-refractivity contribution in [2.24, 2.45) is 0 Å². The normalized spacial score (nSPS) is 28.7. The lowest BCUT2D eigenvalue weighted by Gasteiger charge is -2.31. The number of hydrogen-bond acceptors (Lipinski definition) is 4. The molecule has 3 aliphatic heterocycles. The molecule has 0 bridgehead atoms. The fourth-order valence-electron chi connectivity index (χ4n) is 5.03. The van der Waals surface area contributed by atoms with Crippen LogP contribution in [-0.2, 0) is 16.0 Å². The maximum absolute atomic E-state index is 13.2. The van der Waals surface area contributed by atoms with Gasteiger partial charge in [0.05, 0.1) is 19.0 Å². The minimum atomic E-state index is -0.703. The topological polar surface area (TPSA) is 78.5 Å². The quantitative estimate of drug-likeness (QED) is 0.885. The third kappa shape index (κ3) is 2.29. The number of aryl methyl sites for hydroxylation is 1. The molecule has 1 aromatic heterocycles. The van der Waals surface area contributed by atoms with E-state index in [0.717, 1.165) is 23.2 Å². The number of hydrogen-bond donors (Lipinski definition) is 1. The van der Waals surface area contributed by atoms with Gasteiger partial charge in [0.15, 0.2) is 11.4 Å². The summed E-state index contributed by atoms with van der Waals surface area (Å²) in [7, 11) is 0. The fourth-order valence-corrected chi connectivity index (χ4v) is 5.03. The first-order valence-electron chi connectivity index (χ1n) is 9.93. The Labute approximate surface area is 163 Å². The van der Waals surface area contributed by atoms with Crippen LogP contribution in [-0.4, -0.2) is 56.7 Å². The number of likely N-dealkylation sites (tertiary alicyclic amines) is 1. The summed E-state index contributed by atoms with van der Waals surface area (Å²) in [6.07, 6.45) is 1.61. The molecule has 3 atom stereocenters. The molecule has 7 heteroatoms. The van der Waals surface area contributed by atoms with E-state index in [1.54, 1.807) is 4.90 Å². The molecule has 3 fully saturated rings. The van der Waals surface area contributed by atoms with Crippen molar-refractivity contribution in [3.8, 4) is 0 Å². The molecule has 4 heterocycles. The van der Waals surface area contributed by atoms with Crippen LogP contribution in [0, 0.1) is 6.92 Å². The van der Waals surface area contributed by atoms with Crippen molar-refractivity contribution < 1.29 is 14.3 Å². The minimum Gasteiger partial charge on any atom is -0.343 e. The van der Waals surface area contributed by atoms with E-state index in [2.05, 4.69) is 10.2 Å². The van der Waals surface area contributed by atoms with E-state index in [1.807, 2.05) is 49.1 Å². The van der Waals surface area contributed by atoms with Crippen molar-refractivity contribution in [2.45, 2.75) is 51.0 Å². The summed E-state index contributed by atoms with van der Waals surface area (Å²) in [4.78, 5) is 29.6. The summed E-state index contributed by atoms with van der Waals surface area (Å²) < 4.78 is 6.51. The van der Waals surface area contributed by atoms with Gasteiger partial charge in [-0.25, -0.2) is 0 Å². The smallest absolute Gasteiger partial charge is 0.275 e. The van der Waals surface area contributed by atoms with Crippen LogP contribution < -0.4 is 0 Å². The molecule has 5 rings (SSSR count). The van der Waals surface area contributed by atoms with E-state index in [9.17, 15) is 9.59 Å². The molecule has 3 saturated heterocycles. The van der Waals surface area contributed by atoms with Gasteiger partial charge in [0.1, 0.15) is 6.10 Å². The summed E-state index contributed by atoms with van der Waals surface area (Å²) in [6.45, 7) is 5.07. The number of benzene rings is 1. The van der Waals surface area contributed by atoms with Crippen molar-refractivity contribution in [3.63, 3.8) is 0 Å². The molecular formula is C21H24N4O3. The zero-order valence-electron chi connectivity index (χ0n) is 16.1. The van der Waals surface area contributed by atoms with Crippen molar-refractivity contribution in [1.82, 2.24) is 20.0 Å². The van der Waals surface area contributed by atoms with Crippen LogP contribution in [0.3, 0.4) is 0 Å². The number of nitrogens with one attached hydrogen (secondary N) is 1. The second-order valence-corrected chi connectivity index (χ2v) is 7.86. The van der Waals surface area contributed by atoms with Crippen molar-refractivity contribution >= 4 is 11.8 Å². The Morgan fingerprint density at radius 1 is 1.36 bits per heavy atom. The predicted molar refractivity (Wildman–Crippen MR) is 101 cm³/mol. The average Bonchev–Trinajstić information content (AvgIpc) is 3.42. The Morgan fingerprint density at radius 2 is 2.14 bits per heavy atom. The van der Waals surface area contributed by atoms with E-state index >= 15 is 0 Å². The molecule has 2 aromatic rings. The van der Waals surface area contributed by atoms with E-state index in [-0.39, 0.29) is 24.0 Å². The highest BCUT2D eigenvalue weighted by Gasteiger charge is 2.65. The maximum atomic E-state index is 13.2. The molecule has 146 valence electrons. The zero-order chi connectivity index (χ0) is 19.5. The second-order valence-electron chi connectivity index (χ2n) is 7.86. The van der Waals surface area contributed by atoms with Gasteiger partial charge in [-0.3, -0.25) is 14.7 Å². The number of carbonyl (C=O) groups is 2. The summed E-state index contributed by atoms with van der Waals surface area (Å²) in [5.41, 5.74) is 2.69. The third-order valence-corrected chi connectivity index (χ3v) is 6.53. The Morgan fingerprint density at radius 3 is 2.86 bits per heavy atom. The lowest BCUT2D eigenvalue weighted by atomic mass is 10.1. The maximum Gasteiger partial charge on any atom is 0.275 e. The highest BCUT2D eigenvalue weighted by molar-refractivity contribution is 5.95. The number of aromatic nitrogens is 2. The second kappa shape index (κ2) is 6.17. The van der Waals surface area contributed by atoms with Gasteiger partial charge in [-0.15, -0.1) is 0 Å². The Balaban J connectivity index is 1.44. The van der Waals surface area contributed by atoms with E-state index in [1.165, 1.54) is 0 Å². The van der Waals surface area contributed by atoms with Crippen LogP contribution in [0.5, 0.6) is 0 Å². The molecule has 0 unspecified atom stereocenters.